The number of aromatic carboxylic acids is 2. The number of carboxylic acids is 4. The first-order valence-electron chi connectivity index (χ1n) is 12.7. The minimum atomic E-state index is -1.53. The van der Waals surface area contributed by atoms with E-state index in [9.17, 15) is 59.4 Å². The van der Waals surface area contributed by atoms with Crippen molar-refractivity contribution in [2.45, 2.75) is 0 Å². The number of aliphatic hydroxyl groups excluding tert-OH is 2. The fraction of sp³-hybridized carbons (Fsp3) is 0. The van der Waals surface area contributed by atoms with E-state index in [0.717, 1.165) is 36.4 Å². The van der Waals surface area contributed by atoms with Crippen LogP contribution < -0.4 is 10.9 Å². The molecule has 0 unspecified atom stereocenters. The topological polar surface area (TPSA) is 273 Å². The number of nitrogens with zero attached hydrogens (tertiary/aromatic N) is 2. The summed E-state index contributed by atoms with van der Waals surface area (Å²) < 4.78 is 0. The van der Waals surface area contributed by atoms with Crippen molar-refractivity contribution < 1.29 is 59.4 Å². The molecule has 2 aliphatic carbocycles. The smallest absolute Gasteiger partial charge is 0.338 e. The van der Waals surface area contributed by atoms with E-state index < -0.39 is 69.5 Å². The summed E-state index contributed by atoms with van der Waals surface area (Å²) in [5, 5.41) is 65.7. The first kappa shape index (κ1) is 31.8. The summed E-state index contributed by atoms with van der Waals surface area (Å²) in [6, 6.07) is 7.76. The second kappa shape index (κ2) is 13.0. The Balaban J connectivity index is 1.60. The van der Waals surface area contributed by atoms with Gasteiger partial charge < -0.3 is 30.6 Å². The summed E-state index contributed by atoms with van der Waals surface area (Å²) in [6.45, 7) is 0. The number of ketones is 2. The monoisotopic (exact) mass is 628 g/mol. The van der Waals surface area contributed by atoms with Gasteiger partial charge in [0.25, 0.3) is 0 Å². The van der Waals surface area contributed by atoms with Crippen LogP contribution in [-0.4, -0.2) is 77.5 Å². The molecule has 16 heteroatoms. The number of carbonyl (C=O) groups is 6. The maximum atomic E-state index is 12.0. The molecule has 0 spiro atoms. The van der Waals surface area contributed by atoms with E-state index in [1.165, 1.54) is 36.4 Å². The predicted molar refractivity (Wildman–Crippen MR) is 161 cm³/mol. The number of carbonyl (C=O) groups excluding carboxylic acids is 2. The predicted octanol–water partition coefficient (Wildman–Crippen LogP) is 2.86. The number of hydrogen-bond donors (Lipinski definition) is 8. The van der Waals surface area contributed by atoms with Crippen LogP contribution in [0.5, 0.6) is 0 Å². The third kappa shape index (κ3) is 7.09. The molecule has 0 fully saturated rings. The normalized spacial score (nSPS) is 16.4. The van der Waals surface area contributed by atoms with Gasteiger partial charge in [-0.05, 0) is 35.4 Å². The van der Waals surface area contributed by atoms with Gasteiger partial charge >= 0.3 is 23.9 Å². The highest BCUT2D eigenvalue weighted by Gasteiger charge is 2.26. The molecule has 8 N–H and O–H groups in total. The number of hydrogen-bond acceptors (Lipinski definition) is 12. The second-order valence-electron chi connectivity index (χ2n) is 9.28. The molecule has 0 radical (unpaired) electrons. The maximum absolute atomic E-state index is 12.0. The van der Waals surface area contributed by atoms with Gasteiger partial charge in [-0.25, -0.2) is 19.2 Å². The Morgan fingerprint density at radius 2 is 0.935 bits per heavy atom. The number of rotatable bonds is 10. The van der Waals surface area contributed by atoms with E-state index in [2.05, 4.69) is 21.1 Å². The van der Waals surface area contributed by atoms with Crippen molar-refractivity contribution in [3.63, 3.8) is 0 Å². The van der Waals surface area contributed by atoms with Crippen LogP contribution in [-0.2, 0) is 19.2 Å². The average Bonchev–Trinajstić information content (AvgIpc) is 2.98. The Hall–Kier alpha value is -7.10. The number of anilines is 2. The lowest BCUT2D eigenvalue weighted by atomic mass is 10.0. The van der Waals surface area contributed by atoms with Gasteiger partial charge in [0.05, 0.1) is 33.6 Å². The van der Waals surface area contributed by atoms with E-state index in [-0.39, 0.29) is 33.6 Å². The highest BCUT2D eigenvalue weighted by Crippen LogP contribution is 2.23. The Morgan fingerprint density at radius 1 is 0.565 bits per heavy atom. The second-order valence-corrected chi connectivity index (χ2v) is 9.28. The van der Waals surface area contributed by atoms with Crippen LogP contribution in [0.2, 0.25) is 0 Å². The van der Waals surface area contributed by atoms with Gasteiger partial charge in [0.1, 0.15) is 22.9 Å². The molecule has 0 saturated carbocycles. The van der Waals surface area contributed by atoms with E-state index in [1.54, 1.807) is 0 Å². The van der Waals surface area contributed by atoms with Gasteiger partial charge in [-0.2, -0.15) is 10.2 Å². The third-order valence-electron chi connectivity index (χ3n) is 6.19. The van der Waals surface area contributed by atoms with Crippen LogP contribution in [0, 0.1) is 0 Å². The average molecular weight is 629 g/mol. The van der Waals surface area contributed by atoms with Crippen LogP contribution >= 0.6 is 0 Å². The number of allylic oxidation sites excluding steroid dienone is 6. The van der Waals surface area contributed by atoms with Gasteiger partial charge in [0.2, 0.25) is 0 Å². The quantitative estimate of drug-likeness (QED) is 0.107. The highest BCUT2D eigenvalue weighted by atomic mass is 16.4. The van der Waals surface area contributed by atoms with Crippen LogP contribution in [0.15, 0.2) is 93.6 Å². The Kier molecular flexibility index (Phi) is 9.02. The Bertz CT molecular complexity index is 1820. The highest BCUT2D eigenvalue weighted by molar-refractivity contribution is 6.32. The standard InChI is InChI=1S/C30H20N4O12/c35-17-9-21(29(43)44)25(23(37)11-17)33-31-15-5-3-13(19(7-15)27(39)40)1-2-14-4-6-16(8-20(14)28(41)42)32-34-26-22(30(45)46)10-18(36)12-24(26)38/h1-12,31-32,37-38H,(H,39,40)(H,41,42)(H,43,44)(H,45,46). The van der Waals surface area contributed by atoms with Gasteiger partial charge in [0, 0.05) is 24.3 Å². The van der Waals surface area contributed by atoms with Crippen molar-refractivity contribution in [2.75, 3.05) is 10.9 Å². The van der Waals surface area contributed by atoms with Crippen molar-refractivity contribution in [1.82, 2.24) is 0 Å². The van der Waals surface area contributed by atoms with E-state index in [0.29, 0.717) is 0 Å². The molecule has 0 heterocycles. The lowest BCUT2D eigenvalue weighted by Gasteiger charge is -2.12. The molecule has 0 bridgehead atoms. The summed E-state index contributed by atoms with van der Waals surface area (Å²) in [4.78, 5) is 69.9. The molecule has 2 aromatic rings. The zero-order valence-corrected chi connectivity index (χ0v) is 23.0. The number of carboxylic acid groups (broad SMARTS) is 4. The molecular formula is C30H20N4O12. The van der Waals surface area contributed by atoms with E-state index in [4.69, 9.17) is 0 Å². The fourth-order valence-electron chi connectivity index (χ4n) is 4.08. The summed E-state index contributed by atoms with van der Waals surface area (Å²) in [5.41, 5.74) is 2.68. The van der Waals surface area contributed by atoms with Crippen LogP contribution in [0.4, 0.5) is 11.4 Å². The summed E-state index contributed by atoms with van der Waals surface area (Å²) >= 11 is 0. The Morgan fingerprint density at radius 3 is 1.26 bits per heavy atom. The molecule has 4 rings (SSSR count). The van der Waals surface area contributed by atoms with Crippen molar-refractivity contribution in [3.8, 4) is 0 Å². The van der Waals surface area contributed by atoms with Crippen LogP contribution in [0.3, 0.4) is 0 Å². The zero-order valence-electron chi connectivity index (χ0n) is 23.0. The van der Waals surface area contributed by atoms with Crippen molar-refractivity contribution in [1.29, 1.82) is 0 Å². The number of aliphatic carboxylic acids is 2. The molecule has 2 aliphatic rings. The lowest BCUT2D eigenvalue weighted by molar-refractivity contribution is -0.133. The van der Waals surface area contributed by atoms with E-state index in [1.807, 2.05) is 0 Å². The molecule has 0 atom stereocenters. The maximum Gasteiger partial charge on any atom is 0.338 e. The number of nitrogens with one attached hydrogen (secondary N) is 2. The number of hydrazone groups is 2. The van der Waals surface area contributed by atoms with Crippen LogP contribution in [0.1, 0.15) is 31.8 Å². The largest absolute Gasteiger partial charge is 0.505 e. The lowest BCUT2D eigenvalue weighted by Crippen LogP contribution is -2.21. The Labute approximate surface area is 256 Å². The molecule has 0 amide bonds. The molecular weight excluding hydrogens is 608 g/mol. The number of benzene rings is 2. The van der Waals surface area contributed by atoms with Crippen molar-refractivity contribution in [2.24, 2.45) is 10.2 Å². The van der Waals surface area contributed by atoms with Crippen LogP contribution in [0.25, 0.3) is 12.2 Å². The van der Waals surface area contributed by atoms with Gasteiger partial charge in [-0.1, -0.05) is 24.3 Å². The molecule has 0 aromatic heterocycles. The summed E-state index contributed by atoms with van der Waals surface area (Å²) in [5.74, 6) is -8.73. The van der Waals surface area contributed by atoms with Gasteiger partial charge in [0.15, 0.2) is 11.6 Å². The molecule has 2 aromatic carbocycles. The first-order chi connectivity index (χ1) is 21.7. The zero-order chi connectivity index (χ0) is 33.7. The minimum Gasteiger partial charge on any atom is -0.505 e. The molecule has 0 aliphatic heterocycles. The fourth-order valence-corrected chi connectivity index (χ4v) is 4.08. The summed E-state index contributed by atoms with van der Waals surface area (Å²) in [7, 11) is 0. The van der Waals surface area contributed by atoms with Crippen molar-refractivity contribution in [3.05, 3.63) is 106 Å². The summed E-state index contributed by atoms with van der Waals surface area (Å²) in [6.07, 6.45) is 5.70. The van der Waals surface area contributed by atoms with Gasteiger partial charge in [-0.3, -0.25) is 20.4 Å². The number of aliphatic hydroxyl groups is 2. The first-order valence-corrected chi connectivity index (χ1v) is 12.7. The van der Waals surface area contributed by atoms with Crippen molar-refractivity contribution >= 4 is 70.4 Å². The molecule has 16 nitrogen and oxygen atoms in total. The SMILES string of the molecule is O=C1C=C(O)C(=NNc2ccc(C=Cc3ccc(NN=C4C(O)=CC(=O)C=C4C(=O)O)cc3C(=O)O)c(C(=O)O)c2)C(C(=O)O)=C1. The molecule has 46 heavy (non-hydrogen) atoms. The minimum absolute atomic E-state index is 0.0730. The molecule has 232 valence electrons. The van der Waals surface area contributed by atoms with Gasteiger partial charge in [-0.15, -0.1) is 0 Å². The molecule has 0 saturated heterocycles. The van der Waals surface area contributed by atoms with E-state index >= 15 is 0 Å². The third-order valence-corrected chi connectivity index (χ3v) is 6.19.